The third-order valence-corrected chi connectivity index (χ3v) is 7.03. The molecular formula is C18H13Br4IN4O. The van der Waals surface area contributed by atoms with Gasteiger partial charge in [0.15, 0.2) is 0 Å². The first-order valence-corrected chi connectivity index (χ1v) is 11.9. The fourth-order valence-corrected chi connectivity index (χ4v) is 4.03. The molecule has 146 valence electrons. The molecule has 0 aliphatic rings. The standard InChI is InChI=1S/C13H11Br2N3O.C5H2Br2IN/c1-16-13(19)8-4-2-3-5-10(8)18-11-6-12(15)17-7-9(11)14;6-3-2-9-5(7)1-4(3)8/h2-7H,1H3,(H,16,19)(H,17,18);1-2H. The lowest BCUT2D eigenvalue weighted by Crippen LogP contribution is -2.19. The molecule has 0 saturated heterocycles. The number of hydrogen-bond donors (Lipinski definition) is 2. The van der Waals surface area contributed by atoms with E-state index in [2.05, 4.69) is 107 Å². The van der Waals surface area contributed by atoms with Crippen LogP contribution in [0, 0.1) is 3.57 Å². The Balaban J connectivity index is 0.000000261. The summed E-state index contributed by atoms with van der Waals surface area (Å²) in [7, 11) is 1.61. The highest BCUT2D eigenvalue weighted by Gasteiger charge is 2.10. The predicted molar refractivity (Wildman–Crippen MR) is 135 cm³/mol. The first-order valence-electron chi connectivity index (χ1n) is 7.67. The van der Waals surface area contributed by atoms with Crippen molar-refractivity contribution >= 4 is 104 Å². The van der Waals surface area contributed by atoms with Crippen molar-refractivity contribution in [3.8, 4) is 0 Å². The van der Waals surface area contributed by atoms with Gasteiger partial charge in [-0.1, -0.05) is 12.1 Å². The van der Waals surface area contributed by atoms with E-state index in [1.807, 2.05) is 30.3 Å². The SMILES string of the molecule is Brc1cc(I)c(Br)cn1.CNC(=O)c1ccccc1Nc1cc(Br)ncc1Br. The minimum Gasteiger partial charge on any atom is -0.355 e. The average Bonchev–Trinajstić information content (AvgIpc) is 2.68. The number of nitrogens with zero attached hydrogens (tertiary/aromatic N) is 2. The van der Waals surface area contributed by atoms with Gasteiger partial charge < -0.3 is 10.6 Å². The summed E-state index contributed by atoms with van der Waals surface area (Å²) in [5.74, 6) is -0.132. The van der Waals surface area contributed by atoms with Crippen molar-refractivity contribution in [2.24, 2.45) is 0 Å². The Morgan fingerprint density at radius 3 is 2.14 bits per heavy atom. The fourth-order valence-electron chi connectivity index (χ4n) is 1.97. The summed E-state index contributed by atoms with van der Waals surface area (Å²) in [5.41, 5.74) is 2.16. The number of carbonyl (C=O) groups excluding carboxylic acids is 1. The van der Waals surface area contributed by atoms with Crippen LogP contribution in [-0.4, -0.2) is 22.9 Å². The van der Waals surface area contributed by atoms with Gasteiger partial charge in [0.2, 0.25) is 0 Å². The molecule has 28 heavy (non-hydrogen) atoms. The predicted octanol–water partition coefficient (Wildman–Crippen LogP) is 6.92. The van der Waals surface area contributed by atoms with E-state index < -0.39 is 0 Å². The summed E-state index contributed by atoms with van der Waals surface area (Å²) in [5, 5.41) is 5.84. The Kier molecular flexibility index (Phi) is 9.81. The lowest BCUT2D eigenvalue weighted by Gasteiger charge is -2.12. The lowest BCUT2D eigenvalue weighted by atomic mass is 10.1. The second-order valence-corrected chi connectivity index (χ2v) is 9.65. The monoisotopic (exact) mass is 744 g/mol. The Hall–Kier alpha value is -0.560. The first-order chi connectivity index (χ1) is 13.3. The normalized spacial score (nSPS) is 9.93. The molecule has 2 aromatic heterocycles. The van der Waals surface area contributed by atoms with Crippen LogP contribution in [0.4, 0.5) is 11.4 Å². The van der Waals surface area contributed by atoms with Gasteiger partial charge in [-0.2, -0.15) is 0 Å². The number of anilines is 2. The summed E-state index contributed by atoms with van der Waals surface area (Å²) in [4.78, 5) is 19.9. The third-order valence-electron chi connectivity index (χ3n) is 3.27. The topological polar surface area (TPSA) is 66.9 Å². The van der Waals surface area contributed by atoms with Gasteiger partial charge in [-0.05, 0) is 111 Å². The maximum atomic E-state index is 11.8. The summed E-state index contributed by atoms with van der Waals surface area (Å²) in [6, 6.07) is 11.1. The molecule has 0 atom stereocenters. The zero-order valence-corrected chi connectivity index (χ0v) is 22.8. The number of halogens is 5. The molecule has 0 spiro atoms. The molecule has 10 heteroatoms. The number of benzene rings is 1. The molecule has 2 N–H and O–H groups in total. The van der Waals surface area contributed by atoms with Crippen LogP contribution >= 0.6 is 86.3 Å². The minimum atomic E-state index is -0.132. The average molecular weight is 748 g/mol. The van der Waals surface area contributed by atoms with Crippen molar-refractivity contribution in [1.29, 1.82) is 0 Å². The Morgan fingerprint density at radius 1 is 0.929 bits per heavy atom. The van der Waals surface area contributed by atoms with E-state index in [-0.39, 0.29) is 5.91 Å². The number of carbonyl (C=O) groups is 1. The molecule has 2 heterocycles. The molecular weight excluding hydrogens is 735 g/mol. The van der Waals surface area contributed by atoms with Crippen LogP contribution in [0.5, 0.6) is 0 Å². The van der Waals surface area contributed by atoms with Gasteiger partial charge in [-0.15, -0.1) is 0 Å². The van der Waals surface area contributed by atoms with E-state index in [9.17, 15) is 4.79 Å². The van der Waals surface area contributed by atoms with Gasteiger partial charge in [0.05, 0.1) is 21.4 Å². The second kappa shape index (κ2) is 11.6. The molecule has 0 radical (unpaired) electrons. The van der Waals surface area contributed by atoms with Crippen LogP contribution in [0.15, 0.2) is 66.9 Å². The molecule has 0 bridgehead atoms. The van der Waals surface area contributed by atoms with Crippen molar-refractivity contribution < 1.29 is 4.79 Å². The molecule has 0 unspecified atom stereocenters. The van der Waals surface area contributed by atoms with Crippen molar-refractivity contribution in [3.05, 3.63) is 76.1 Å². The van der Waals surface area contributed by atoms with Crippen LogP contribution in [0.25, 0.3) is 0 Å². The lowest BCUT2D eigenvalue weighted by molar-refractivity contribution is 0.0964. The summed E-state index contributed by atoms with van der Waals surface area (Å²) < 4.78 is 4.61. The molecule has 0 aliphatic carbocycles. The van der Waals surface area contributed by atoms with Crippen molar-refractivity contribution in [2.75, 3.05) is 12.4 Å². The maximum Gasteiger partial charge on any atom is 0.253 e. The second-order valence-electron chi connectivity index (χ2n) is 5.16. The van der Waals surface area contributed by atoms with Gasteiger partial charge >= 0.3 is 0 Å². The zero-order chi connectivity index (χ0) is 20.7. The van der Waals surface area contributed by atoms with E-state index >= 15 is 0 Å². The van der Waals surface area contributed by atoms with E-state index in [4.69, 9.17) is 0 Å². The van der Waals surface area contributed by atoms with Crippen LogP contribution in [0.3, 0.4) is 0 Å². The van der Waals surface area contributed by atoms with Crippen LogP contribution in [-0.2, 0) is 0 Å². The van der Waals surface area contributed by atoms with Crippen molar-refractivity contribution in [3.63, 3.8) is 0 Å². The number of para-hydroxylation sites is 1. The number of nitrogens with one attached hydrogen (secondary N) is 2. The van der Waals surface area contributed by atoms with E-state index in [1.54, 1.807) is 25.5 Å². The minimum absolute atomic E-state index is 0.132. The summed E-state index contributed by atoms with van der Waals surface area (Å²) in [6.45, 7) is 0. The summed E-state index contributed by atoms with van der Waals surface area (Å²) in [6.07, 6.45) is 3.46. The van der Waals surface area contributed by atoms with Gasteiger partial charge in [-0.25, -0.2) is 9.97 Å². The van der Waals surface area contributed by atoms with E-state index in [0.29, 0.717) is 5.56 Å². The largest absolute Gasteiger partial charge is 0.355 e. The van der Waals surface area contributed by atoms with Crippen molar-refractivity contribution in [1.82, 2.24) is 15.3 Å². The number of aromatic nitrogens is 2. The highest BCUT2D eigenvalue weighted by Crippen LogP contribution is 2.29. The van der Waals surface area contributed by atoms with Gasteiger partial charge in [0.25, 0.3) is 5.91 Å². The molecule has 1 amide bonds. The van der Waals surface area contributed by atoms with Gasteiger partial charge in [-0.3, -0.25) is 4.79 Å². The number of hydrogen-bond acceptors (Lipinski definition) is 4. The quantitative estimate of drug-likeness (QED) is 0.226. The summed E-state index contributed by atoms with van der Waals surface area (Å²) >= 11 is 15.6. The molecule has 3 aromatic rings. The smallest absolute Gasteiger partial charge is 0.253 e. The van der Waals surface area contributed by atoms with Crippen LogP contribution in [0.2, 0.25) is 0 Å². The van der Waals surface area contributed by atoms with Crippen LogP contribution in [0.1, 0.15) is 10.4 Å². The Labute approximate surface area is 210 Å². The first kappa shape index (κ1) is 23.7. The third kappa shape index (κ3) is 7.05. The maximum absolute atomic E-state index is 11.8. The van der Waals surface area contributed by atoms with E-state index in [1.165, 1.54) is 0 Å². The molecule has 0 saturated carbocycles. The Bertz CT molecular complexity index is 988. The zero-order valence-electron chi connectivity index (χ0n) is 14.3. The van der Waals surface area contributed by atoms with E-state index in [0.717, 1.165) is 33.1 Å². The Morgan fingerprint density at radius 2 is 1.54 bits per heavy atom. The number of pyridine rings is 2. The molecule has 5 nitrogen and oxygen atoms in total. The highest BCUT2D eigenvalue weighted by molar-refractivity contribution is 14.1. The van der Waals surface area contributed by atoms with Crippen molar-refractivity contribution in [2.45, 2.75) is 0 Å². The highest BCUT2D eigenvalue weighted by atomic mass is 127. The fraction of sp³-hybridized carbons (Fsp3) is 0.0556. The molecule has 3 rings (SSSR count). The van der Waals surface area contributed by atoms with Crippen LogP contribution < -0.4 is 10.6 Å². The molecule has 1 aromatic carbocycles. The number of rotatable bonds is 3. The molecule has 0 fully saturated rings. The number of amides is 1. The van der Waals surface area contributed by atoms with Gasteiger partial charge in [0, 0.05) is 27.5 Å². The van der Waals surface area contributed by atoms with Gasteiger partial charge in [0.1, 0.15) is 9.21 Å². The molecule has 0 aliphatic heterocycles.